The van der Waals surface area contributed by atoms with E-state index < -0.39 is 16.0 Å². The first-order valence-electron chi connectivity index (χ1n) is 9.84. The van der Waals surface area contributed by atoms with E-state index >= 15 is 0 Å². The van der Waals surface area contributed by atoms with E-state index in [1.165, 1.54) is 22.5 Å². The summed E-state index contributed by atoms with van der Waals surface area (Å²) in [6.45, 7) is 0.445. The maximum atomic E-state index is 13.1. The number of hydrogen-bond acceptors (Lipinski definition) is 4. The molecule has 32 heavy (non-hydrogen) atoms. The molecule has 3 aromatic rings. The number of rotatable bonds is 6. The van der Waals surface area contributed by atoms with Crippen molar-refractivity contribution >= 4 is 51.0 Å². The molecule has 1 heterocycles. The zero-order valence-corrected chi connectivity index (χ0v) is 19.2. The van der Waals surface area contributed by atoms with Gasteiger partial charge in [0.1, 0.15) is 6.61 Å². The number of benzene rings is 3. The van der Waals surface area contributed by atoms with Crippen LogP contribution < -0.4 is 4.31 Å². The van der Waals surface area contributed by atoms with Crippen molar-refractivity contribution in [2.24, 2.45) is 0 Å². The molecule has 8 heteroatoms. The van der Waals surface area contributed by atoms with Gasteiger partial charge < -0.3 is 4.74 Å². The van der Waals surface area contributed by atoms with E-state index in [1.54, 1.807) is 36.4 Å². The minimum Gasteiger partial charge on any atom is -0.458 e. The van der Waals surface area contributed by atoms with Crippen LogP contribution in [-0.2, 0) is 32.6 Å². The van der Waals surface area contributed by atoms with Crippen LogP contribution in [0.3, 0.4) is 0 Å². The van der Waals surface area contributed by atoms with Gasteiger partial charge in [0.05, 0.1) is 10.6 Å². The summed E-state index contributed by atoms with van der Waals surface area (Å²) in [5.74, 6) is -0.540. The predicted octanol–water partition coefficient (Wildman–Crippen LogP) is 5.50. The van der Waals surface area contributed by atoms with Gasteiger partial charge in [-0.2, -0.15) is 0 Å². The molecule has 0 bridgehead atoms. The van der Waals surface area contributed by atoms with Crippen LogP contribution >= 0.6 is 23.2 Å². The lowest BCUT2D eigenvalue weighted by molar-refractivity contribution is -0.138. The van der Waals surface area contributed by atoms with Crippen LogP contribution in [0, 0.1) is 0 Å². The second kappa shape index (κ2) is 9.36. The molecule has 4 rings (SSSR count). The number of halogens is 2. The van der Waals surface area contributed by atoms with Crippen molar-refractivity contribution in [2.45, 2.75) is 17.9 Å². The molecular weight excluding hydrogens is 469 g/mol. The highest BCUT2D eigenvalue weighted by Gasteiger charge is 2.30. The minimum atomic E-state index is -3.65. The van der Waals surface area contributed by atoms with E-state index in [0.29, 0.717) is 34.1 Å². The summed E-state index contributed by atoms with van der Waals surface area (Å²) in [5.41, 5.74) is 3.07. The van der Waals surface area contributed by atoms with Crippen LogP contribution in [-0.4, -0.2) is 20.9 Å². The first-order valence-corrected chi connectivity index (χ1v) is 12.0. The molecule has 0 unspecified atom stereocenters. The third-order valence-corrected chi connectivity index (χ3v) is 7.52. The Balaban J connectivity index is 1.40. The average molecular weight is 488 g/mol. The van der Waals surface area contributed by atoms with Crippen LogP contribution in [0.1, 0.15) is 16.7 Å². The van der Waals surface area contributed by atoms with Gasteiger partial charge in [-0.3, -0.25) is 4.31 Å². The molecule has 1 aliphatic rings. The van der Waals surface area contributed by atoms with Gasteiger partial charge in [-0.15, -0.1) is 0 Å². The Hall–Kier alpha value is -2.80. The Morgan fingerprint density at radius 1 is 1.03 bits per heavy atom. The fourth-order valence-corrected chi connectivity index (χ4v) is 5.40. The Morgan fingerprint density at radius 2 is 1.78 bits per heavy atom. The van der Waals surface area contributed by atoms with Gasteiger partial charge >= 0.3 is 5.97 Å². The lowest BCUT2D eigenvalue weighted by atomic mass is 10.2. The second-order valence-corrected chi connectivity index (χ2v) is 9.91. The SMILES string of the molecule is O=C(/C=C/c1ccc(S(=O)(=O)N2CCc3ccccc32)cc1)OCc1ccc(Cl)cc1Cl. The quantitative estimate of drug-likeness (QED) is 0.340. The number of ether oxygens (including phenoxy) is 1. The van der Waals surface area contributed by atoms with E-state index in [4.69, 9.17) is 27.9 Å². The van der Waals surface area contributed by atoms with E-state index in [9.17, 15) is 13.2 Å². The van der Waals surface area contributed by atoms with Crippen LogP contribution in [0.25, 0.3) is 6.08 Å². The largest absolute Gasteiger partial charge is 0.458 e. The van der Waals surface area contributed by atoms with Gasteiger partial charge in [0.25, 0.3) is 10.0 Å². The molecule has 5 nitrogen and oxygen atoms in total. The summed E-state index contributed by atoms with van der Waals surface area (Å²) >= 11 is 11.9. The van der Waals surface area contributed by atoms with Gasteiger partial charge in [-0.05, 0) is 54.0 Å². The Labute approximate surface area is 196 Å². The summed E-state index contributed by atoms with van der Waals surface area (Å²) in [4.78, 5) is 12.2. The lowest BCUT2D eigenvalue weighted by Gasteiger charge is -2.19. The zero-order valence-electron chi connectivity index (χ0n) is 16.9. The number of anilines is 1. The number of para-hydroxylation sites is 1. The van der Waals surface area contributed by atoms with Crippen molar-refractivity contribution in [3.8, 4) is 0 Å². The first kappa shape index (κ1) is 22.4. The molecule has 0 amide bonds. The number of fused-ring (bicyclic) bond motifs is 1. The molecule has 0 aliphatic carbocycles. The molecule has 0 N–H and O–H groups in total. The number of nitrogens with zero attached hydrogens (tertiary/aromatic N) is 1. The average Bonchev–Trinajstić information content (AvgIpc) is 3.22. The zero-order chi connectivity index (χ0) is 22.7. The van der Waals surface area contributed by atoms with Crippen LogP contribution in [0.2, 0.25) is 10.0 Å². The van der Waals surface area contributed by atoms with Gasteiger partial charge in [-0.1, -0.05) is 59.6 Å². The van der Waals surface area contributed by atoms with E-state index in [-0.39, 0.29) is 11.5 Å². The molecule has 0 fully saturated rings. The van der Waals surface area contributed by atoms with Crippen molar-refractivity contribution in [2.75, 3.05) is 10.8 Å². The van der Waals surface area contributed by atoms with Crippen LogP contribution in [0.15, 0.2) is 77.7 Å². The highest BCUT2D eigenvalue weighted by atomic mass is 35.5. The lowest BCUT2D eigenvalue weighted by Crippen LogP contribution is -2.29. The highest BCUT2D eigenvalue weighted by molar-refractivity contribution is 7.92. The van der Waals surface area contributed by atoms with Crippen molar-refractivity contribution < 1.29 is 17.9 Å². The van der Waals surface area contributed by atoms with Gasteiger partial charge in [0.15, 0.2) is 0 Å². The summed E-state index contributed by atoms with van der Waals surface area (Å²) in [5, 5.41) is 0.927. The summed E-state index contributed by atoms with van der Waals surface area (Å²) < 4.78 is 32.7. The van der Waals surface area contributed by atoms with E-state index in [2.05, 4.69) is 0 Å². The Morgan fingerprint density at radius 3 is 2.53 bits per heavy atom. The summed E-state index contributed by atoms with van der Waals surface area (Å²) in [7, 11) is -3.65. The number of sulfonamides is 1. The van der Waals surface area contributed by atoms with Crippen molar-refractivity contribution in [3.63, 3.8) is 0 Å². The van der Waals surface area contributed by atoms with Crippen molar-refractivity contribution in [1.29, 1.82) is 0 Å². The topological polar surface area (TPSA) is 63.7 Å². The first-order chi connectivity index (χ1) is 15.3. The van der Waals surface area contributed by atoms with Gasteiger partial charge in [0, 0.05) is 28.2 Å². The van der Waals surface area contributed by atoms with Gasteiger partial charge in [-0.25, -0.2) is 13.2 Å². The molecule has 0 spiro atoms. The molecule has 0 radical (unpaired) electrons. The van der Waals surface area contributed by atoms with Crippen molar-refractivity contribution in [3.05, 3.63) is 99.5 Å². The van der Waals surface area contributed by atoms with Crippen molar-refractivity contribution in [1.82, 2.24) is 0 Å². The summed E-state index contributed by atoms with van der Waals surface area (Å²) in [6.07, 6.45) is 3.54. The van der Waals surface area contributed by atoms with E-state index in [1.807, 2.05) is 24.3 Å². The maximum Gasteiger partial charge on any atom is 0.331 e. The number of hydrogen-bond donors (Lipinski definition) is 0. The molecule has 0 atom stereocenters. The predicted molar refractivity (Wildman–Crippen MR) is 126 cm³/mol. The number of esters is 1. The number of carbonyl (C=O) groups excluding carboxylic acids is 1. The Bertz CT molecular complexity index is 1290. The third-order valence-electron chi connectivity index (χ3n) is 5.11. The van der Waals surface area contributed by atoms with E-state index in [0.717, 1.165) is 11.3 Å². The number of carbonyl (C=O) groups is 1. The monoisotopic (exact) mass is 487 g/mol. The Kier molecular flexibility index (Phi) is 6.55. The van der Waals surface area contributed by atoms with Gasteiger partial charge in [0.2, 0.25) is 0 Å². The van der Waals surface area contributed by atoms with Crippen LogP contribution in [0.4, 0.5) is 5.69 Å². The third kappa shape index (κ3) is 4.83. The normalized spacial score (nSPS) is 13.4. The molecule has 0 aromatic heterocycles. The molecule has 0 saturated carbocycles. The maximum absolute atomic E-state index is 13.1. The minimum absolute atomic E-state index is 0.0215. The highest BCUT2D eigenvalue weighted by Crippen LogP contribution is 2.32. The molecule has 1 aliphatic heterocycles. The fourth-order valence-electron chi connectivity index (χ4n) is 3.44. The second-order valence-electron chi connectivity index (χ2n) is 7.20. The smallest absolute Gasteiger partial charge is 0.331 e. The fraction of sp³-hybridized carbons (Fsp3) is 0.125. The molecular formula is C24H19Cl2NO4S. The summed E-state index contributed by atoms with van der Waals surface area (Å²) in [6, 6.07) is 18.8. The van der Waals surface area contributed by atoms with Crippen LogP contribution in [0.5, 0.6) is 0 Å². The molecule has 0 saturated heterocycles. The molecule has 3 aromatic carbocycles. The standard InChI is InChI=1S/C24H19Cl2NO4S/c25-20-9-8-19(22(26)15-20)16-31-24(28)12-7-17-5-10-21(11-6-17)32(29,30)27-14-13-18-3-1-2-4-23(18)27/h1-12,15H,13-14,16H2/b12-7+. The molecule has 164 valence electrons.